The summed E-state index contributed by atoms with van der Waals surface area (Å²) in [6.45, 7) is 1.07. The molecule has 0 radical (unpaired) electrons. The fourth-order valence-electron chi connectivity index (χ4n) is 4.11. The van der Waals surface area contributed by atoms with E-state index in [0.717, 1.165) is 23.1 Å². The van der Waals surface area contributed by atoms with Crippen LogP contribution in [-0.2, 0) is 16.4 Å². The Balaban J connectivity index is 1.15. The van der Waals surface area contributed by atoms with Gasteiger partial charge in [0.1, 0.15) is 5.01 Å². The highest BCUT2D eigenvalue weighted by atomic mass is 32.2. The summed E-state index contributed by atoms with van der Waals surface area (Å²) >= 11 is 1.39. The van der Waals surface area contributed by atoms with Crippen LogP contribution in [0.15, 0.2) is 102 Å². The number of nitrogens with one attached hydrogen (secondary N) is 2. The second kappa shape index (κ2) is 12.5. The van der Waals surface area contributed by atoms with Crippen molar-refractivity contribution in [2.45, 2.75) is 17.4 Å². The van der Waals surface area contributed by atoms with Crippen LogP contribution in [0, 0.1) is 0 Å². The molecule has 2 aromatic heterocycles. The van der Waals surface area contributed by atoms with Crippen molar-refractivity contribution in [2.75, 3.05) is 17.8 Å². The summed E-state index contributed by atoms with van der Waals surface area (Å²) in [5.41, 5.74) is 4.31. The van der Waals surface area contributed by atoms with Gasteiger partial charge in [-0.1, -0.05) is 30.3 Å². The monoisotopic (exact) mass is 588 g/mol. The van der Waals surface area contributed by atoms with Crippen LogP contribution in [0.5, 0.6) is 11.5 Å². The Morgan fingerprint density at radius 3 is 2.37 bits per heavy atom. The Kier molecular flexibility index (Phi) is 8.60. The zero-order valence-electron chi connectivity index (χ0n) is 21.8. The minimum absolute atomic E-state index is 0.127. The van der Waals surface area contributed by atoms with E-state index in [2.05, 4.69) is 20.0 Å². The van der Waals surface area contributed by atoms with E-state index in [9.17, 15) is 23.7 Å². The van der Waals surface area contributed by atoms with Crippen LogP contribution in [0.1, 0.15) is 17.2 Å². The minimum atomic E-state index is -3.79. The van der Waals surface area contributed by atoms with Gasteiger partial charge in [0.2, 0.25) is 0 Å². The van der Waals surface area contributed by atoms with Crippen LogP contribution in [0.3, 0.4) is 0 Å². The molecule has 0 saturated carbocycles. The molecule has 210 valence electrons. The van der Waals surface area contributed by atoms with E-state index in [4.69, 9.17) is 0 Å². The van der Waals surface area contributed by atoms with E-state index in [-0.39, 0.29) is 16.4 Å². The third-order valence-corrected chi connectivity index (χ3v) is 8.68. The predicted octanol–water partition coefficient (Wildman–Crippen LogP) is 4.95. The molecule has 0 aliphatic carbocycles. The Bertz CT molecular complexity index is 1710. The summed E-state index contributed by atoms with van der Waals surface area (Å²) < 4.78 is 28.6. The maximum absolute atomic E-state index is 13.0. The zero-order valence-corrected chi connectivity index (χ0v) is 23.4. The molecule has 0 aliphatic rings. The van der Waals surface area contributed by atoms with E-state index >= 15 is 0 Å². The van der Waals surface area contributed by atoms with Gasteiger partial charge in [0, 0.05) is 46.7 Å². The number of pyridine rings is 1. The average Bonchev–Trinajstić information content (AvgIpc) is 3.48. The number of sulfonamides is 1. The summed E-state index contributed by atoms with van der Waals surface area (Å²) in [5, 5.41) is 35.2. The number of aromatic hydroxyl groups is 2. The topological polar surface area (TPSA) is 145 Å². The summed E-state index contributed by atoms with van der Waals surface area (Å²) in [6, 6.07) is 21.8. The van der Waals surface area contributed by atoms with Gasteiger partial charge in [0.05, 0.1) is 16.7 Å². The number of phenols is 2. The smallest absolute Gasteiger partial charge is 0.261 e. The quantitative estimate of drug-likeness (QED) is 0.108. The predicted molar refractivity (Wildman–Crippen MR) is 159 cm³/mol. The van der Waals surface area contributed by atoms with Crippen LogP contribution < -0.4 is 10.0 Å². The first-order valence-electron chi connectivity index (χ1n) is 12.8. The molecule has 5 aromatic rings. The molecule has 0 saturated heterocycles. The zero-order chi connectivity index (χ0) is 28.8. The number of aliphatic hydroxyl groups excluding tert-OH is 1. The molecule has 0 amide bonds. The largest absolute Gasteiger partial charge is 0.504 e. The maximum Gasteiger partial charge on any atom is 0.261 e. The molecular weight excluding hydrogens is 560 g/mol. The number of benzene rings is 3. The standard InChI is InChI=1S/C30H28N4O5S2/c35-27-12-7-22(16-28(27)36)26-19-40-30(33-26)21-5-10-25(11-6-21)41(38,39)34-24-8-3-20(4-9-24)13-15-32-18-29(37)23-2-1-14-31-17-23/h1-12,14,16-17,19,29,32,34-37H,13,15,18H2. The summed E-state index contributed by atoms with van der Waals surface area (Å²) in [5.74, 6) is -0.424. The van der Waals surface area contributed by atoms with Gasteiger partial charge in [0.25, 0.3) is 10.0 Å². The molecule has 1 unspecified atom stereocenters. The van der Waals surface area contributed by atoms with E-state index < -0.39 is 16.1 Å². The Hall–Kier alpha value is -4.29. The number of nitrogens with zero attached hydrogens (tertiary/aromatic N) is 2. The molecule has 41 heavy (non-hydrogen) atoms. The number of hydrogen-bond donors (Lipinski definition) is 5. The van der Waals surface area contributed by atoms with Crippen molar-refractivity contribution in [3.8, 4) is 33.3 Å². The summed E-state index contributed by atoms with van der Waals surface area (Å²) in [6.07, 6.45) is 3.40. The van der Waals surface area contributed by atoms with E-state index in [1.165, 1.54) is 35.6 Å². The number of rotatable bonds is 11. The van der Waals surface area contributed by atoms with E-state index in [1.54, 1.807) is 48.8 Å². The van der Waals surface area contributed by atoms with Crippen LogP contribution in [-0.4, -0.2) is 46.8 Å². The highest BCUT2D eigenvalue weighted by Crippen LogP contribution is 2.33. The van der Waals surface area contributed by atoms with Gasteiger partial charge in [-0.2, -0.15) is 0 Å². The van der Waals surface area contributed by atoms with Crippen LogP contribution in [0.4, 0.5) is 5.69 Å². The van der Waals surface area contributed by atoms with Crippen molar-refractivity contribution in [1.29, 1.82) is 0 Å². The number of phenolic OH excluding ortho intramolecular Hbond substituents is 2. The van der Waals surface area contributed by atoms with Gasteiger partial charge in [-0.3, -0.25) is 9.71 Å². The van der Waals surface area contributed by atoms with Crippen molar-refractivity contribution in [3.05, 3.63) is 108 Å². The molecular formula is C30H28N4O5S2. The molecule has 3 aromatic carbocycles. The van der Waals surface area contributed by atoms with Gasteiger partial charge < -0.3 is 20.6 Å². The highest BCUT2D eigenvalue weighted by Gasteiger charge is 2.16. The first-order valence-corrected chi connectivity index (χ1v) is 15.1. The molecule has 2 heterocycles. The molecule has 5 rings (SSSR count). The number of anilines is 1. The summed E-state index contributed by atoms with van der Waals surface area (Å²) in [4.78, 5) is 8.72. The molecule has 0 aliphatic heterocycles. The number of thiazole rings is 1. The normalized spacial score (nSPS) is 12.2. The van der Waals surface area contributed by atoms with E-state index in [1.807, 2.05) is 23.6 Å². The number of aliphatic hydroxyl groups is 1. The molecule has 0 spiro atoms. The highest BCUT2D eigenvalue weighted by molar-refractivity contribution is 7.92. The van der Waals surface area contributed by atoms with Gasteiger partial charge in [-0.15, -0.1) is 11.3 Å². The lowest BCUT2D eigenvalue weighted by atomic mass is 10.1. The fourth-order valence-corrected chi connectivity index (χ4v) is 6.01. The SMILES string of the molecule is O=S(=O)(Nc1ccc(CCNCC(O)c2cccnc2)cc1)c1ccc(-c2nc(-c3ccc(O)c(O)c3)cs2)cc1. The van der Waals surface area contributed by atoms with Gasteiger partial charge in [-0.25, -0.2) is 13.4 Å². The average molecular weight is 589 g/mol. The molecule has 11 heteroatoms. The van der Waals surface area contributed by atoms with Crippen molar-refractivity contribution in [1.82, 2.24) is 15.3 Å². The van der Waals surface area contributed by atoms with Crippen molar-refractivity contribution in [2.24, 2.45) is 0 Å². The summed E-state index contributed by atoms with van der Waals surface area (Å²) in [7, 11) is -3.79. The Morgan fingerprint density at radius 1 is 0.902 bits per heavy atom. The third-order valence-electron chi connectivity index (χ3n) is 6.39. The van der Waals surface area contributed by atoms with Crippen molar-refractivity contribution < 1.29 is 23.7 Å². The molecule has 0 bridgehead atoms. The number of aromatic nitrogens is 2. The van der Waals surface area contributed by atoms with Crippen molar-refractivity contribution >= 4 is 27.0 Å². The van der Waals surface area contributed by atoms with Gasteiger partial charge >= 0.3 is 0 Å². The van der Waals surface area contributed by atoms with Crippen LogP contribution >= 0.6 is 11.3 Å². The lowest BCUT2D eigenvalue weighted by molar-refractivity contribution is 0.174. The molecule has 9 nitrogen and oxygen atoms in total. The first-order chi connectivity index (χ1) is 19.8. The Labute approximate surface area is 241 Å². The second-order valence-corrected chi connectivity index (χ2v) is 11.9. The second-order valence-electron chi connectivity index (χ2n) is 9.32. The van der Waals surface area contributed by atoms with E-state index in [0.29, 0.717) is 35.0 Å². The van der Waals surface area contributed by atoms with Crippen molar-refractivity contribution in [3.63, 3.8) is 0 Å². The number of hydrogen-bond acceptors (Lipinski definition) is 9. The maximum atomic E-state index is 13.0. The lowest BCUT2D eigenvalue weighted by Gasteiger charge is -2.12. The van der Waals surface area contributed by atoms with Crippen LogP contribution in [0.2, 0.25) is 0 Å². The van der Waals surface area contributed by atoms with Gasteiger partial charge in [0.15, 0.2) is 11.5 Å². The third kappa shape index (κ3) is 7.08. The minimum Gasteiger partial charge on any atom is -0.504 e. The lowest BCUT2D eigenvalue weighted by Crippen LogP contribution is -2.23. The van der Waals surface area contributed by atoms with Crippen LogP contribution in [0.25, 0.3) is 21.8 Å². The molecule has 1 atom stereocenters. The Morgan fingerprint density at radius 2 is 1.66 bits per heavy atom. The fraction of sp³-hybridized carbons (Fsp3) is 0.133. The molecule has 0 fully saturated rings. The van der Waals surface area contributed by atoms with Gasteiger partial charge in [-0.05, 0) is 67.1 Å². The molecule has 5 N–H and O–H groups in total. The first kappa shape index (κ1) is 28.2.